The summed E-state index contributed by atoms with van der Waals surface area (Å²) in [6.45, 7) is 3.27. The zero-order valence-electron chi connectivity index (χ0n) is 15.8. The van der Waals surface area contributed by atoms with Crippen molar-refractivity contribution in [3.63, 3.8) is 0 Å². The fourth-order valence-corrected chi connectivity index (χ4v) is 3.72. The van der Waals surface area contributed by atoms with Crippen molar-refractivity contribution in [1.82, 2.24) is 15.4 Å². The van der Waals surface area contributed by atoms with Crippen LogP contribution in [0.3, 0.4) is 0 Å². The van der Waals surface area contributed by atoms with E-state index in [-0.39, 0.29) is 24.2 Å². The second-order valence-corrected chi connectivity index (χ2v) is 7.65. The van der Waals surface area contributed by atoms with Gasteiger partial charge in [0, 0.05) is 30.6 Å². The van der Waals surface area contributed by atoms with E-state index in [0.29, 0.717) is 23.8 Å². The molecule has 2 fully saturated rings. The molecule has 2 N–H and O–H groups in total. The van der Waals surface area contributed by atoms with E-state index >= 15 is 0 Å². The quantitative estimate of drug-likeness (QED) is 0.812. The topological polar surface area (TPSA) is 70.4 Å². The number of amides is 2. The van der Waals surface area contributed by atoms with E-state index in [2.05, 4.69) is 15.8 Å². The van der Waals surface area contributed by atoms with Gasteiger partial charge in [0.05, 0.1) is 0 Å². The van der Waals surface area contributed by atoms with Crippen LogP contribution < -0.4 is 10.6 Å². The van der Waals surface area contributed by atoms with E-state index in [0.717, 1.165) is 38.0 Å². The first-order valence-electron chi connectivity index (χ1n) is 9.70. The maximum Gasteiger partial charge on any atom is 0.319 e. The Hall–Kier alpha value is -2.48. The summed E-state index contributed by atoms with van der Waals surface area (Å²) in [6.07, 6.45) is 3.77. The minimum Gasteiger partial charge on any atom is -0.359 e. The lowest BCUT2D eigenvalue weighted by molar-refractivity contribution is 0.180. The number of aryl methyl sites for hydroxylation is 1. The molecule has 1 atom stereocenters. The van der Waals surface area contributed by atoms with Crippen LogP contribution in [0.2, 0.25) is 0 Å². The number of benzene rings is 1. The normalized spacial score (nSPS) is 20.2. The maximum atomic E-state index is 13.9. The molecule has 1 unspecified atom stereocenters. The van der Waals surface area contributed by atoms with E-state index in [1.165, 1.54) is 18.2 Å². The van der Waals surface area contributed by atoms with Crippen molar-refractivity contribution < 1.29 is 18.1 Å². The Morgan fingerprint density at radius 3 is 2.75 bits per heavy atom. The molecule has 28 heavy (non-hydrogen) atoms. The predicted octanol–water partition coefficient (Wildman–Crippen LogP) is 3.92. The van der Waals surface area contributed by atoms with Crippen LogP contribution in [-0.4, -0.2) is 35.2 Å². The van der Waals surface area contributed by atoms with Gasteiger partial charge in [-0.25, -0.2) is 13.6 Å². The Morgan fingerprint density at radius 2 is 2.04 bits per heavy atom. The van der Waals surface area contributed by atoms with Gasteiger partial charge in [-0.05, 0) is 51.3 Å². The SMILES string of the molecule is Cc1noc(C2CC2)c1NC(=O)NC1CCCN(Cc2c(F)cccc2F)C1. The first-order valence-corrected chi connectivity index (χ1v) is 9.70. The third kappa shape index (κ3) is 4.16. The molecule has 0 bridgehead atoms. The number of urea groups is 1. The molecule has 150 valence electrons. The smallest absolute Gasteiger partial charge is 0.319 e. The van der Waals surface area contributed by atoms with Crippen molar-refractivity contribution >= 4 is 11.7 Å². The van der Waals surface area contributed by atoms with Crippen molar-refractivity contribution in [3.05, 3.63) is 46.9 Å². The van der Waals surface area contributed by atoms with Gasteiger partial charge in [-0.3, -0.25) is 4.90 Å². The molecule has 0 radical (unpaired) electrons. The first-order chi connectivity index (χ1) is 13.5. The summed E-state index contributed by atoms with van der Waals surface area (Å²) in [4.78, 5) is 14.4. The van der Waals surface area contributed by atoms with Crippen molar-refractivity contribution in [2.75, 3.05) is 18.4 Å². The van der Waals surface area contributed by atoms with Crippen LogP contribution in [0.15, 0.2) is 22.7 Å². The van der Waals surface area contributed by atoms with E-state index < -0.39 is 11.6 Å². The summed E-state index contributed by atoms with van der Waals surface area (Å²) in [5, 5.41) is 9.79. The third-order valence-electron chi connectivity index (χ3n) is 5.36. The number of hydrogen-bond donors (Lipinski definition) is 2. The summed E-state index contributed by atoms with van der Waals surface area (Å²) in [6, 6.07) is 3.50. The highest BCUT2D eigenvalue weighted by Crippen LogP contribution is 2.44. The highest BCUT2D eigenvalue weighted by atomic mass is 19.1. The molecule has 2 aromatic rings. The standard InChI is InChI=1S/C20H24F2N4O2/c1-12-18(19(28-25-12)13-7-8-13)24-20(27)23-14-4-3-9-26(10-14)11-15-16(21)5-2-6-17(15)22/h2,5-6,13-14H,3-4,7-11H2,1H3,(H2,23,24,27). The molecule has 1 aliphatic carbocycles. The van der Waals surface area contributed by atoms with Crippen molar-refractivity contribution in [1.29, 1.82) is 0 Å². The number of halogens is 2. The fourth-order valence-electron chi connectivity index (χ4n) is 3.72. The number of hydrogen-bond acceptors (Lipinski definition) is 4. The van der Waals surface area contributed by atoms with Crippen LogP contribution in [0, 0.1) is 18.6 Å². The van der Waals surface area contributed by atoms with Crippen LogP contribution in [0.1, 0.15) is 48.6 Å². The number of piperidine rings is 1. The maximum absolute atomic E-state index is 13.9. The number of carbonyl (C=O) groups excluding carboxylic acids is 1. The minimum atomic E-state index is -0.539. The van der Waals surface area contributed by atoms with Crippen molar-refractivity contribution in [2.24, 2.45) is 0 Å². The lowest BCUT2D eigenvalue weighted by atomic mass is 10.0. The van der Waals surface area contributed by atoms with E-state index in [4.69, 9.17) is 4.52 Å². The molecular weight excluding hydrogens is 366 g/mol. The highest BCUT2D eigenvalue weighted by molar-refractivity contribution is 5.90. The zero-order chi connectivity index (χ0) is 19.7. The van der Waals surface area contributed by atoms with E-state index in [1.807, 2.05) is 4.90 Å². The number of nitrogens with zero attached hydrogens (tertiary/aromatic N) is 2. The summed E-state index contributed by atoms with van der Waals surface area (Å²) >= 11 is 0. The van der Waals surface area contributed by atoms with Gasteiger partial charge in [-0.2, -0.15) is 0 Å². The van der Waals surface area contributed by atoms with Gasteiger partial charge in [0.2, 0.25) is 0 Å². The number of nitrogens with one attached hydrogen (secondary N) is 2. The highest BCUT2D eigenvalue weighted by Gasteiger charge is 2.32. The monoisotopic (exact) mass is 390 g/mol. The van der Waals surface area contributed by atoms with Gasteiger partial charge in [0.1, 0.15) is 23.0 Å². The summed E-state index contributed by atoms with van der Waals surface area (Å²) in [5.41, 5.74) is 1.39. The number of rotatable bonds is 5. The second-order valence-electron chi connectivity index (χ2n) is 7.65. The Balaban J connectivity index is 1.35. The number of carbonyl (C=O) groups is 1. The molecule has 1 aromatic carbocycles. The minimum absolute atomic E-state index is 0.0711. The van der Waals surface area contributed by atoms with Crippen LogP contribution >= 0.6 is 0 Å². The number of anilines is 1. The molecule has 1 saturated carbocycles. The Morgan fingerprint density at radius 1 is 1.29 bits per heavy atom. The largest absolute Gasteiger partial charge is 0.359 e. The van der Waals surface area contributed by atoms with Crippen molar-refractivity contribution in [2.45, 2.75) is 51.1 Å². The summed E-state index contributed by atoms with van der Waals surface area (Å²) < 4.78 is 33.2. The van der Waals surface area contributed by atoms with E-state index in [1.54, 1.807) is 6.92 Å². The Kier molecular flexibility index (Phi) is 5.30. The number of aromatic nitrogens is 1. The van der Waals surface area contributed by atoms with Gasteiger partial charge in [-0.15, -0.1) is 0 Å². The lowest BCUT2D eigenvalue weighted by Crippen LogP contribution is -2.48. The molecular formula is C20H24F2N4O2. The summed E-state index contributed by atoms with van der Waals surface area (Å²) in [5.74, 6) is 0.0111. The summed E-state index contributed by atoms with van der Waals surface area (Å²) in [7, 11) is 0. The zero-order valence-corrected chi connectivity index (χ0v) is 15.8. The average Bonchev–Trinajstić information content (AvgIpc) is 3.44. The molecule has 1 saturated heterocycles. The molecule has 2 amide bonds. The molecule has 0 spiro atoms. The van der Waals surface area contributed by atoms with Gasteiger partial charge < -0.3 is 15.2 Å². The predicted molar refractivity (Wildman–Crippen MR) is 100 cm³/mol. The second kappa shape index (κ2) is 7.87. The Bertz CT molecular complexity index is 846. The van der Waals surface area contributed by atoms with Crippen LogP contribution in [-0.2, 0) is 6.54 Å². The van der Waals surface area contributed by atoms with Gasteiger partial charge in [0.25, 0.3) is 0 Å². The van der Waals surface area contributed by atoms with Crippen LogP contribution in [0.4, 0.5) is 19.3 Å². The molecule has 1 aliphatic heterocycles. The molecule has 8 heteroatoms. The Labute approximate surface area is 162 Å². The molecule has 4 rings (SSSR count). The lowest BCUT2D eigenvalue weighted by Gasteiger charge is -2.33. The molecule has 2 aliphatic rings. The van der Waals surface area contributed by atoms with Crippen molar-refractivity contribution in [3.8, 4) is 0 Å². The molecule has 2 heterocycles. The van der Waals surface area contributed by atoms with Gasteiger partial charge in [0.15, 0.2) is 5.76 Å². The fraction of sp³-hybridized carbons (Fsp3) is 0.500. The number of likely N-dealkylation sites (tertiary alicyclic amines) is 1. The van der Waals surface area contributed by atoms with Crippen LogP contribution in [0.5, 0.6) is 0 Å². The molecule has 6 nitrogen and oxygen atoms in total. The van der Waals surface area contributed by atoms with Gasteiger partial charge >= 0.3 is 6.03 Å². The van der Waals surface area contributed by atoms with Gasteiger partial charge in [-0.1, -0.05) is 11.2 Å². The third-order valence-corrected chi connectivity index (χ3v) is 5.36. The first kappa shape index (κ1) is 18.9. The van der Waals surface area contributed by atoms with E-state index in [9.17, 15) is 13.6 Å². The molecule has 1 aromatic heterocycles. The average molecular weight is 390 g/mol. The van der Waals surface area contributed by atoms with Crippen LogP contribution in [0.25, 0.3) is 0 Å².